The van der Waals surface area contributed by atoms with Gasteiger partial charge in [-0.05, 0) is 45.2 Å². The van der Waals surface area contributed by atoms with Crippen molar-refractivity contribution >= 4 is 11.6 Å². The maximum Gasteiger partial charge on any atom is 0.191 e. The lowest BCUT2D eigenvalue weighted by Gasteiger charge is -2.54. The molecule has 2 saturated carbocycles. The number of aliphatic imine (C=N–C) groups is 1. The molecular weight excluding hydrogens is 352 g/mol. The van der Waals surface area contributed by atoms with Crippen LogP contribution in [0.25, 0.3) is 5.65 Å². The highest BCUT2D eigenvalue weighted by Crippen LogP contribution is 2.54. The van der Waals surface area contributed by atoms with Gasteiger partial charge in [-0.2, -0.15) is 0 Å². The summed E-state index contributed by atoms with van der Waals surface area (Å²) < 4.78 is 8.07. The summed E-state index contributed by atoms with van der Waals surface area (Å²) >= 11 is 0. The smallest absolute Gasteiger partial charge is 0.191 e. The molecule has 2 fully saturated rings. The highest BCUT2D eigenvalue weighted by atomic mass is 16.5. The Morgan fingerprint density at radius 1 is 1.29 bits per heavy atom. The van der Waals surface area contributed by atoms with E-state index >= 15 is 0 Å². The quantitative estimate of drug-likeness (QED) is 0.567. The minimum Gasteiger partial charge on any atom is -0.378 e. The summed E-state index contributed by atoms with van der Waals surface area (Å²) in [4.78, 5) is 4.82. The number of nitrogens with one attached hydrogen (secondary N) is 2. The van der Waals surface area contributed by atoms with E-state index in [1.54, 1.807) is 0 Å². The lowest BCUT2D eigenvalue weighted by Crippen LogP contribution is -2.65. The zero-order valence-corrected chi connectivity index (χ0v) is 17.0. The minimum absolute atomic E-state index is 0.301. The van der Waals surface area contributed by atoms with Gasteiger partial charge < -0.3 is 15.4 Å². The summed E-state index contributed by atoms with van der Waals surface area (Å²) in [5, 5.41) is 15.6. The molecule has 0 bridgehead atoms. The number of ether oxygens (including phenoxy) is 1. The summed E-state index contributed by atoms with van der Waals surface area (Å²) in [5.74, 6) is 1.85. The molecule has 2 atom stereocenters. The maximum absolute atomic E-state index is 6.04. The highest BCUT2D eigenvalue weighted by Gasteiger charge is 2.56. The topological polar surface area (TPSA) is 75.8 Å². The van der Waals surface area contributed by atoms with Gasteiger partial charge >= 0.3 is 0 Å². The zero-order chi connectivity index (χ0) is 19.4. The predicted molar refractivity (Wildman–Crippen MR) is 111 cm³/mol. The lowest BCUT2D eigenvalue weighted by molar-refractivity contribution is -0.125. The number of pyridine rings is 1. The van der Waals surface area contributed by atoms with Gasteiger partial charge in [0.25, 0.3) is 0 Å². The average molecular weight is 385 g/mol. The van der Waals surface area contributed by atoms with E-state index in [4.69, 9.17) is 9.73 Å². The second kappa shape index (κ2) is 8.47. The van der Waals surface area contributed by atoms with E-state index in [9.17, 15) is 0 Å². The van der Waals surface area contributed by atoms with Crippen LogP contribution in [0.2, 0.25) is 0 Å². The first-order valence-electron chi connectivity index (χ1n) is 10.7. The summed E-state index contributed by atoms with van der Waals surface area (Å²) in [5.41, 5.74) is 1.18. The van der Waals surface area contributed by atoms with E-state index in [-0.39, 0.29) is 0 Å². The van der Waals surface area contributed by atoms with Gasteiger partial charge in [-0.15, -0.1) is 10.2 Å². The molecule has 2 heterocycles. The van der Waals surface area contributed by atoms with Crippen LogP contribution in [0.4, 0.5) is 0 Å². The molecule has 0 aromatic carbocycles. The second-order valence-corrected chi connectivity index (χ2v) is 7.87. The largest absolute Gasteiger partial charge is 0.378 e. The second-order valence-electron chi connectivity index (χ2n) is 7.87. The maximum atomic E-state index is 6.04. The van der Waals surface area contributed by atoms with Gasteiger partial charge in [0, 0.05) is 43.8 Å². The molecule has 7 heteroatoms. The molecule has 4 rings (SSSR count). The molecule has 0 aliphatic heterocycles. The molecule has 152 valence electrons. The number of rotatable bonds is 7. The summed E-state index contributed by atoms with van der Waals surface area (Å²) in [6.45, 7) is 6.55. The van der Waals surface area contributed by atoms with Gasteiger partial charge in [0.05, 0.1) is 6.10 Å². The molecule has 0 radical (unpaired) electrons. The first kappa shape index (κ1) is 19.2. The molecule has 2 aliphatic rings. The molecule has 2 unspecified atom stereocenters. The summed E-state index contributed by atoms with van der Waals surface area (Å²) in [7, 11) is 0. The number of fused-ring (bicyclic) bond motifs is 1. The molecule has 2 N–H and O–H groups in total. The molecular formula is C21H32N6O. The molecule has 2 aromatic heterocycles. The Balaban J connectivity index is 1.39. The molecule has 7 nitrogen and oxygen atoms in total. The van der Waals surface area contributed by atoms with Crippen molar-refractivity contribution in [3.05, 3.63) is 30.2 Å². The zero-order valence-electron chi connectivity index (χ0n) is 17.0. The van der Waals surface area contributed by atoms with E-state index in [0.29, 0.717) is 24.1 Å². The van der Waals surface area contributed by atoms with Crippen molar-refractivity contribution in [1.29, 1.82) is 0 Å². The molecule has 1 spiro atoms. The number of aromatic nitrogens is 3. The third-order valence-electron chi connectivity index (χ3n) is 6.33. The standard InChI is InChI=1S/C21H32N6O/c1-3-22-20(23-13-10-19-26-25-18-9-5-8-14-27(18)19)24-16-15-17(28-4-2)21(16)11-6-7-12-21/h5,8-9,14,16-17H,3-4,6-7,10-13,15H2,1-2H3,(H2,22,23,24). The fourth-order valence-electron chi connectivity index (χ4n) is 4.90. The Kier molecular flexibility index (Phi) is 5.80. The Hall–Kier alpha value is -2.15. The third-order valence-corrected chi connectivity index (χ3v) is 6.33. The Morgan fingerprint density at radius 3 is 2.93 bits per heavy atom. The van der Waals surface area contributed by atoms with Gasteiger partial charge in [0.1, 0.15) is 5.82 Å². The summed E-state index contributed by atoms with van der Waals surface area (Å²) in [6, 6.07) is 6.41. The monoisotopic (exact) mass is 384 g/mol. The number of hydrogen-bond donors (Lipinski definition) is 2. The van der Waals surface area contributed by atoms with Crippen LogP contribution < -0.4 is 10.6 Å². The fraction of sp³-hybridized carbons (Fsp3) is 0.667. The molecule has 0 saturated heterocycles. The van der Waals surface area contributed by atoms with Crippen LogP contribution >= 0.6 is 0 Å². The lowest BCUT2D eigenvalue weighted by atomic mass is 9.60. The third kappa shape index (κ3) is 3.60. The summed E-state index contributed by atoms with van der Waals surface area (Å²) in [6.07, 6.45) is 9.41. The Labute approximate surface area is 167 Å². The van der Waals surface area contributed by atoms with Gasteiger partial charge in [-0.25, -0.2) is 0 Å². The predicted octanol–water partition coefficient (Wildman–Crippen LogP) is 2.56. The van der Waals surface area contributed by atoms with Gasteiger partial charge in [0.2, 0.25) is 0 Å². The van der Waals surface area contributed by atoms with Crippen LogP contribution in [0.1, 0.15) is 51.8 Å². The van der Waals surface area contributed by atoms with Crippen molar-refractivity contribution in [1.82, 2.24) is 25.2 Å². The number of guanidine groups is 1. The number of hydrogen-bond acceptors (Lipinski definition) is 4. The normalized spacial score (nSPS) is 23.9. The average Bonchev–Trinajstić information content (AvgIpc) is 3.37. The van der Waals surface area contributed by atoms with Crippen LogP contribution in [-0.2, 0) is 11.2 Å². The van der Waals surface area contributed by atoms with Crippen LogP contribution in [-0.4, -0.2) is 52.4 Å². The van der Waals surface area contributed by atoms with E-state index in [2.05, 4.69) is 34.7 Å². The van der Waals surface area contributed by atoms with Crippen LogP contribution in [0.5, 0.6) is 0 Å². The Bertz CT molecular complexity index is 810. The SMILES string of the molecule is CCNC(=NCCc1nnc2ccccn12)NC1CC(OCC)C12CCCC2. The van der Waals surface area contributed by atoms with E-state index in [1.807, 2.05) is 28.8 Å². The van der Waals surface area contributed by atoms with Crippen molar-refractivity contribution in [2.45, 2.75) is 64.5 Å². The first-order valence-corrected chi connectivity index (χ1v) is 10.7. The van der Waals surface area contributed by atoms with Crippen molar-refractivity contribution < 1.29 is 4.74 Å². The van der Waals surface area contributed by atoms with Crippen molar-refractivity contribution in [2.75, 3.05) is 19.7 Å². The van der Waals surface area contributed by atoms with Gasteiger partial charge in [0.15, 0.2) is 11.6 Å². The van der Waals surface area contributed by atoms with Crippen molar-refractivity contribution in [3.63, 3.8) is 0 Å². The van der Waals surface area contributed by atoms with Gasteiger partial charge in [-0.1, -0.05) is 18.9 Å². The van der Waals surface area contributed by atoms with Crippen molar-refractivity contribution in [2.24, 2.45) is 10.4 Å². The van der Waals surface area contributed by atoms with Crippen molar-refractivity contribution in [3.8, 4) is 0 Å². The van der Waals surface area contributed by atoms with E-state index in [0.717, 1.165) is 43.4 Å². The minimum atomic E-state index is 0.301. The van der Waals surface area contributed by atoms with Crippen LogP contribution in [0, 0.1) is 5.41 Å². The van der Waals surface area contributed by atoms with E-state index < -0.39 is 0 Å². The number of nitrogens with zero attached hydrogens (tertiary/aromatic N) is 4. The molecule has 2 aliphatic carbocycles. The Morgan fingerprint density at radius 2 is 2.14 bits per heavy atom. The van der Waals surface area contributed by atoms with Crippen LogP contribution in [0.3, 0.4) is 0 Å². The fourth-order valence-corrected chi connectivity index (χ4v) is 4.90. The highest BCUT2D eigenvalue weighted by molar-refractivity contribution is 5.80. The van der Waals surface area contributed by atoms with E-state index in [1.165, 1.54) is 25.7 Å². The molecule has 0 amide bonds. The van der Waals surface area contributed by atoms with Gasteiger partial charge in [-0.3, -0.25) is 9.39 Å². The molecule has 28 heavy (non-hydrogen) atoms. The van der Waals surface area contributed by atoms with Crippen LogP contribution in [0.15, 0.2) is 29.4 Å². The first-order chi connectivity index (χ1) is 13.8. The molecule has 2 aromatic rings.